The molecule has 112 valence electrons. The molecule has 4 nitrogen and oxygen atoms in total. The van der Waals surface area contributed by atoms with Gasteiger partial charge in [-0.05, 0) is 50.4 Å². The molecule has 1 aromatic rings. The molecule has 1 saturated heterocycles. The van der Waals surface area contributed by atoms with Gasteiger partial charge in [0.2, 0.25) is 0 Å². The Hall–Kier alpha value is -1.13. The van der Waals surface area contributed by atoms with Crippen molar-refractivity contribution in [3.05, 3.63) is 23.9 Å². The lowest BCUT2D eigenvalue weighted by molar-refractivity contribution is 0.0891. The molecule has 2 unspecified atom stereocenters. The van der Waals surface area contributed by atoms with Crippen molar-refractivity contribution >= 4 is 5.82 Å². The first-order chi connectivity index (χ1) is 9.74. The third kappa shape index (κ3) is 3.93. The van der Waals surface area contributed by atoms with Crippen LogP contribution in [0.25, 0.3) is 0 Å². The van der Waals surface area contributed by atoms with Crippen LogP contribution in [0.4, 0.5) is 5.82 Å². The zero-order chi connectivity index (χ0) is 14.4. The van der Waals surface area contributed by atoms with E-state index in [9.17, 15) is 0 Å². The van der Waals surface area contributed by atoms with E-state index in [0.29, 0.717) is 12.1 Å². The van der Waals surface area contributed by atoms with Crippen molar-refractivity contribution < 1.29 is 4.74 Å². The lowest BCUT2D eigenvalue weighted by Crippen LogP contribution is -2.39. The van der Waals surface area contributed by atoms with Crippen molar-refractivity contribution in [3.63, 3.8) is 0 Å². The molecular formula is C16H27N3O. The summed E-state index contributed by atoms with van der Waals surface area (Å²) in [6.45, 7) is 7.48. The molecule has 1 N–H and O–H groups in total. The Morgan fingerprint density at radius 1 is 1.55 bits per heavy atom. The second-order valence-corrected chi connectivity index (χ2v) is 5.57. The summed E-state index contributed by atoms with van der Waals surface area (Å²) >= 11 is 0. The molecule has 0 spiro atoms. The predicted molar refractivity (Wildman–Crippen MR) is 83.2 cm³/mol. The number of ether oxygens (including phenoxy) is 1. The van der Waals surface area contributed by atoms with Crippen molar-refractivity contribution in [2.75, 3.05) is 31.6 Å². The molecule has 0 amide bonds. The number of methoxy groups -OCH3 is 1. The Labute approximate surface area is 122 Å². The van der Waals surface area contributed by atoms with E-state index in [4.69, 9.17) is 4.74 Å². The summed E-state index contributed by atoms with van der Waals surface area (Å²) < 4.78 is 5.49. The molecule has 2 heterocycles. The highest BCUT2D eigenvalue weighted by Gasteiger charge is 2.20. The average molecular weight is 277 g/mol. The average Bonchev–Trinajstić information content (AvgIpc) is 2.52. The Morgan fingerprint density at radius 3 is 3.15 bits per heavy atom. The molecule has 0 aliphatic carbocycles. The number of hydrogen-bond acceptors (Lipinski definition) is 4. The molecule has 1 aliphatic heterocycles. The standard InChI is InChI=1S/C16H27N3O/c1-4-8-17-13(2)14-7-9-18-16(11-14)19-10-5-6-15(12-19)20-3/h7,9,11,13,15,17H,4-6,8,10,12H2,1-3H3. The fourth-order valence-electron chi connectivity index (χ4n) is 2.69. The van der Waals surface area contributed by atoms with Crippen LogP contribution in [0.5, 0.6) is 0 Å². The first kappa shape index (κ1) is 15.3. The molecule has 20 heavy (non-hydrogen) atoms. The molecule has 1 aromatic heterocycles. The Bertz CT molecular complexity index is 410. The lowest BCUT2D eigenvalue weighted by Gasteiger charge is -2.33. The highest BCUT2D eigenvalue weighted by molar-refractivity contribution is 5.42. The smallest absolute Gasteiger partial charge is 0.128 e. The first-order valence-electron chi connectivity index (χ1n) is 7.71. The number of nitrogens with zero attached hydrogens (tertiary/aromatic N) is 2. The number of pyridine rings is 1. The Kier molecular flexibility index (Phi) is 5.80. The summed E-state index contributed by atoms with van der Waals surface area (Å²) in [5, 5.41) is 3.53. The molecular weight excluding hydrogens is 250 g/mol. The van der Waals surface area contributed by atoms with Gasteiger partial charge < -0.3 is 15.0 Å². The topological polar surface area (TPSA) is 37.4 Å². The Balaban J connectivity index is 2.05. The maximum Gasteiger partial charge on any atom is 0.128 e. The fourth-order valence-corrected chi connectivity index (χ4v) is 2.69. The third-order valence-corrected chi connectivity index (χ3v) is 4.01. The van der Waals surface area contributed by atoms with Gasteiger partial charge in [0.1, 0.15) is 5.82 Å². The second kappa shape index (κ2) is 7.60. The SMILES string of the molecule is CCCNC(C)c1ccnc(N2CCCC(OC)C2)c1. The number of nitrogens with one attached hydrogen (secondary N) is 1. The highest BCUT2D eigenvalue weighted by Crippen LogP contribution is 2.22. The summed E-state index contributed by atoms with van der Waals surface area (Å²) in [5.74, 6) is 1.08. The maximum atomic E-state index is 5.49. The molecule has 1 aliphatic rings. The van der Waals surface area contributed by atoms with Gasteiger partial charge in [-0.15, -0.1) is 0 Å². The lowest BCUT2D eigenvalue weighted by atomic mass is 10.1. The van der Waals surface area contributed by atoms with Crippen LogP contribution in [0.3, 0.4) is 0 Å². The van der Waals surface area contributed by atoms with Crippen molar-refractivity contribution in [3.8, 4) is 0 Å². The van der Waals surface area contributed by atoms with Crippen molar-refractivity contribution in [1.82, 2.24) is 10.3 Å². The van der Waals surface area contributed by atoms with Gasteiger partial charge in [-0.1, -0.05) is 6.92 Å². The maximum absolute atomic E-state index is 5.49. The van der Waals surface area contributed by atoms with Crippen LogP contribution in [0.1, 0.15) is 44.7 Å². The monoisotopic (exact) mass is 277 g/mol. The summed E-state index contributed by atoms with van der Waals surface area (Å²) in [6, 6.07) is 4.69. The molecule has 4 heteroatoms. The van der Waals surface area contributed by atoms with Crippen LogP contribution in [0, 0.1) is 0 Å². The number of aromatic nitrogens is 1. The molecule has 2 atom stereocenters. The minimum Gasteiger partial charge on any atom is -0.380 e. The van der Waals surface area contributed by atoms with Gasteiger partial charge in [-0.3, -0.25) is 0 Å². The zero-order valence-corrected chi connectivity index (χ0v) is 12.9. The zero-order valence-electron chi connectivity index (χ0n) is 12.9. The summed E-state index contributed by atoms with van der Waals surface area (Å²) in [7, 11) is 1.80. The third-order valence-electron chi connectivity index (χ3n) is 4.01. The van der Waals surface area contributed by atoms with Gasteiger partial charge in [0.15, 0.2) is 0 Å². The van der Waals surface area contributed by atoms with E-state index >= 15 is 0 Å². The quantitative estimate of drug-likeness (QED) is 0.867. The van der Waals surface area contributed by atoms with Gasteiger partial charge >= 0.3 is 0 Å². The summed E-state index contributed by atoms with van der Waals surface area (Å²) in [5.41, 5.74) is 1.31. The minimum absolute atomic E-state index is 0.338. The molecule has 0 aromatic carbocycles. The van der Waals surface area contributed by atoms with Crippen molar-refractivity contribution in [2.24, 2.45) is 0 Å². The van der Waals surface area contributed by atoms with E-state index in [2.05, 4.69) is 41.2 Å². The number of hydrogen-bond donors (Lipinski definition) is 1. The van der Waals surface area contributed by atoms with Gasteiger partial charge in [-0.2, -0.15) is 0 Å². The number of anilines is 1. The van der Waals surface area contributed by atoms with E-state index in [0.717, 1.165) is 38.3 Å². The normalized spacial score (nSPS) is 20.9. The van der Waals surface area contributed by atoms with E-state index in [-0.39, 0.29) is 0 Å². The molecule has 0 saturated carbocycles. The van der Waals surface area contributed by atoms with Crippen LogP contribution in [0.15, 0.2) is 18.3 Å². The van der Waals surface area contributed by atoms with Gasteiger partial charge in [-0.25, -0.2) is 4.98 Å². The van der Waals surface area contributed by atoms with Crippen molar-refractivity contribution in [2.45, 2.75) is 45.3 Å². The van der Waals surface area contributed by atoms with E-state index in [1.165, 1.54) is 12.0 Å². The molecule has 2 rings (SSSR count). The number of piperidine rings is 1. The van der Waals surface area contributed by atoms with Crippen LogP contribution in [0.2, 0.25) is 0 Å². The number of rotatable bonds is 6. The molecule has 0 radical (unpaired) electrons. The van der Waals surface area contributed by atoms with Crippen LogP contribution in [-0.4, -0.2) is 37.8 Å². The van der Waals surface area contributed by atoms with Gasteiger partial charge in [0.05, 0.1) is 6.10 Å². The largest absolute Gasteiger partial charge is 0.380 e. The van der Waals surface area contributed by atoms with Crippen LogP contribution >= 0.6 is 0 Å². The Morgan fingerprint density at radius 2 is 2.40 bits per heavy atom. The summed E-state index contributed by atoms with van der Waals surface area (Å²) in [6.07, 6.45) is 5.74. The van der Waals surface area contributed by atoms with Crippen LogP contribution < -0.4 is 10.2 Å². The fraction of sp³-hybridized carbons (Fsp3) is 0.688. The minimum atomic E-state index is 0.338. The van der Waals surface area contributed by atoms with Gasteiger partial charge in [0, 0.05) is 32.4 Å². The van der Waals surface area contributed by atoms with Crippen molar-refractivity contribution in [1.29, 1.82) is 0 Å². The second-order valence-electron chi connectivity index (χ2n) is 5.57. The van der Waals surface area contributed by atoms with E-state index in [1.807, 2.05) is 6.20 Å². The molecule has 0 bridgehead atoms. The van der Waals surface area contributed by atoms with Crippen LogP contribution in [-0.2, 0) is 4.74 Å². The molecule has 1 fully saturated rings. The van der Waals surface area contributed by atoms with E-state index in [1.54, 1.807) is 7.11 Å². The van der Waals surface area contributed by atoms with Gasteiger partial charge in [0.25, 0.3) is 0 Å². The highest BCUT2D eigenvalue weighted by atomic mass is 16.5. The first-order valence-corrected chi connectivity index (χ1v) is 7.71. The predicted octanol–water partition coefficient (Wildman–Crippen LogP) is 2.76. The van der Waals surface area contributed by atoms with E-state index < -0.39 is 0 Å². The summed E-state index contributed by atoms with van der Waals surface area (Å²) in [4.78, 5) is 6.88.